The van der Waals surface area contributed by atoms with Gasteiger partial charge < -0.3 is 9.42 Å². The predicted octanol–water partition coefficient (Wildman–Crippen LogP) is 2.93. The molecule has 162 valence electrons. The molecule has 32 heavy (non-hydrogen) atoms. The van der Waals surface area contributed by atoms with E-state index in [1.165, 1.54) is 0 Å². The highest BCUT2D eigenvalue weighted by Crippen LogP contribution is 2.22. The minimum atomic E-state index is -0.0665. The molecule has 5 rings (SSSR count). The number of carbonyl (C=O) groups is 1. The van der Waals surface area contributed by atoms with Crippen molar-refractivity contribution in [1.29, 1.82) is 0 Å². The van der Waals surface area contributed by atoms with Crippen molar-refractivity contribution in [2.45, 2.75) is 25.8 Å². The average molecular weight is 429 g/mol. The van der Waals surface area contributed by atoms with Crippen LogP contribution in [-0.2, 0) is 17.8 Å². The van der Waals surface area contributed by atoms with Crippen molar-refractivity contribution in [1.82, 2.24) is 24.6 Å². The number of para-hydroxylation sites is 1. The number of piperidine rings is 1. The molecule has 1 aliphatic heterocycles. The van der Waals surface area contributed by atoms with E-state index in [4.69, 9.17) is 4.52 Å². The highest BCUT2D eigenvalue weighted by Gasteiger charge is 2.24. The molecule has 1 saturated heterocycles. The van der Waals surface area contributed by atoms with Crippen molar-refractivity contribution in [3.05, 3.63) is 77.2 Å². The van der Waals surface area contributed by atoms with E-state index in [0.29, 0.717) is 42.5 Å². The number of amides is 1. The fourth-order valence-electron chi connectivity index (χ4n) is 4.21. The lowest BCUT2D eigenvalue weighted by molar-refractivity contribution is -0.132. The number of aromatic nitrogens is 4. The van der Waals surface area contributed by atoms with Gasteiger partial charge in [-0.1, -0.05) is 17.3 Å². The van der Waals surface area contributed by atoms with E-state index in [1.807, 2.05) is 41.3 Å². The van der Waals surface area contributed by atoms with Crippen LogP contribution in [0.2, 0.25) is 0 Å². The second-order valence-corrected chi connectivity index (χ2v) is 8.13. The zero-order valence-electron chi connectivity index (χ0n) is 17.6. The molecular weight excluding hydrogens is 406 g/mol. The van der Waals surface area contributed by atoms with Crippen LogP contribution in [0.4, 0.5) is 0 Å². The third-order valence-corrected chi connectivity index (χ3v) is 6.05. The number of pyridine rings is 1. The second-order valence-electron chi connectivity index (χ2n) is 8.13. The molecule has 0 aliphatic carbocycles. The third kappa shape index (κ3) is 4.16. The Hall–Kier alpha value is -3.81. The van der Waals surface area contributed by atoms with Crippen LogP contribution in [0.15, 0.2) is 70.5 Å². The van der Waals surface area contributed by atoms with Crippen molar-refractivity contribution >= 4 is 16.9 Å². The lowest BCUT2D eigenvalue weighted by atomic mass is 9.96. The number of likely N-dealkylation sites (tertiary alicyclic amines) is 1. The van der Waals surface area contributed by atoms with E-state index < -0.39 is 0 Å². The smallest absolute Gasteiger partial charge is 0.253 e. The van der Waals surface area contributed by atoms with Crippen molar-refractivity contribution in [3.8, 4) is 11.3 Å². The average Bonchev–Trinajstić information content (AvgIpc) is 3.24. The standard InChI is InChI=1S/C24H23N5O3/c30-23(14-21-19-3-1-2-4-22(19)32-27-21)28-11-7-17(8-12-28)15-29-16-26-20(13-24(29)31)18-5-9-25-10-6-18/h1-6,9-10,13,16-17H,7-8,11-12,14-15H2. The molecule has 1 aromatic carbocycles. The normalized spacial score (nSPS) is 14.7. The monoisotopic (exact) mass is 429 g/mol. The number of hydrogen-bond acceptors (Lipinski definition) is 6. The van der Waals surface area contributed by atoms with Gasteiger partial charge in [0.15, 0.2) is 5.58 Å². The summed E-state index contributed by atoms with van der Waals surface area (Å²) < 4.78 is 6.97. The van der Waals surface area contributed by atoms with Gasteiger partial charge in [0, 0.05) is 49.0 Å². The van der Waals surface area contributed by atoms with Gasteiger partial charge in [-0.3, -0.25) is 19.1 Å². The SMILES string of the molecule is O=C(Cc1noc2ccccc12)N1CCC(Cn2cnc(-c3ccncc3)cc2=O)CC1. The Kier molecular flexibility index (Phi) is 5.49. The van der Waals surface area contributed by atoms with Crippen LogP contribution in [-0.4, -0.2) is 43.6 Å². The van der Waals surface area contributed by atoms with Gasteiger partial charge in [0.1, 0.15) is 5.69 Å². The molecule has 0 radical (unpaired) electrons. The summed E-state index contributed by atoms with van der Waals surface area (Å²) in [4.78, 5) is 35.7. The van der Waals surface area contributed by atoms with E-state index in [-0.39, 0.29) is 17.9 Å². The minimum absolute atomic E-state index is 0.0584. The zero-order chi connectivity index (χ0) is 21.9. The third-order valence-electron chi connectivity index (χ3n) is 6.05. The summed E-state index contributed by atoms with van der Waals surface area (Å²) in [6.45, 7) is 1.96. The van der Waals surface area contributed by atoms with E-state index in [9.17, 15) is 9.59 Å². The van der Waals surface area contributed by atoms with E-state index in [0.717, 1.165) is 23.8 Å². The number of benzene rings is 1. The maximum absolute atomic E-state index is 12.8. The highest BCUT2D eigenvalue weighted by atomic mass is 16.5. The van der Waals surface area contributed by atoms with Crippen LogP contribution in [0.25, 0.3) is 22.2 Å². The molecule has 8 nitrogen and oxygen atoms in total. The molecule has 1 aliphatic rings. The summed E-state index contributed by atoms with van der Waals surface area (Å²) in [7, 11) is 0. The Labute approximate surface area is 184 Å². The van der Waals surface area contributed by atoms with Crippen molar-refractivity contribution in [2.24, 2.45) is 5.92 Å². The van der Waals surface area contributed by atoms with Gasteiger partial charge in [-0.05, 0) is 43.0 Å². The number of hydrogen-bond donors (Lipinski definition) is 0. The first-order valence-corrected chi connectivity index (χ1v) is 10.8. The van der Waals surface area contributed by atoms with E-state index in [1.54, 1.807) is 29.4 Å². The largest absolute Gasteiger partial charge is 0.356 e. The molecule has 0 N–H and O–H groups in total. The number of carbonyl (C=O) groups excluding carboxylic acids is 1. The summed E-state index contributed by atoms with van der Waals surface area (Å²) in [6, 6.07) is 12.8. The lowest BCUT2D eigenvalue weighted by Crippen LogP contribution is -2.40. The van der Waals surface area contributed by atoms with Crippen LogP contribution < -0.4 is 5.56 Å². The number of nitrogens with zero attached hydrogens (tertiary/aromatic N) is 5. The Balaban J connectivity index is 1.18. The zero-order valence-corrected chi connectivity index (χ0v) is 17.6. The van der Waals surface area contributed by atoms with E-state index >= 15 is 0 Å². The molecule has 4 heterocycles. The molecular formula is C24H23N5O3. The summed E-state index contributed by atoms with van der Waals surface area (Å²) in [6.07, 6.45) is 6.92. The van der Waals surface area contributed by atoms with Gasteiger partial charge in [-0.15, -0.1) is 0 Å². The fourth-order valence-corrected chi connectivity index (χ4v) is 4.21. The second kappa shape index (κ2) is 8.74. The Morgan fingerprint density at radius 1 is 1.09 bits per heavy atom. The molecule has 3 aromatic heterocycles. The van der Waals surface area contributed by atoms with Crippen molar-refractivity contribution < 1.29 is 9.32 Å². The van der Waals surface area contributed by atoms with Crippen LogP contribution in [0.3, 0.4) is 0 Å². The summed E-state index contributed by atoms with van der Waals surface area (Å²) in [5, 5.41) is 4.96. The number of rotatable bonds is 5. The highest BCUT2D eigenvalue weighted by molar-refractivity contribution is 5.86. The van der Waals surface area contributed by atoms with Gasteiger partial charge in [0.25, 0.3) is 5.56 Å². The molecule has 4 aromatic rings. The van der Waals surface area contributed by atoms with Gasteiger partial charge in [0.05, 0.1) is 18.4 Å². The van der Waals surface area contributed by atoms with Crippen molar-refractivity contribution in [2.75, 3.05) is 13.1 Å². The molecule has 0 atom stereocenters. The van der Waals surface area contributed by atoms with Gasteiger partial charge in [0.2, 0.25) is 5.91 Å². The summed E-state index contributed by atoms with van der Waals surface area (Å²) in [5.41, 5.74) is 2.83. The van der Waals surface area contributed by atoms with Crippen LogP contribution >= 0.6 is 0 Å². The molecule has 8 heteroatoms. The first-order chi connectivity index (χ1) is 15.7. The Morgan fingerprint density at radius 3 is 2.66 bits per heavy atom. The first kappa shape index (κ1) is 20.1. The van der Waals surface area contributed by atoms with Gasteiger partial charge in [-0.25, -0.2) is 4.98 Å². The summed E-state index contributed by atoms with van der Waals surface area (Å²) >= 11 is 0. The molecule has 1 amide bonds. The molecule has 0 bridgehead atoms. The van der Waals surface area contributed by atoms with E-state index in [2.05, 4.69) is 15.1 Å². The fraction of sp³-hybridized carbons (Fsp3) is 0.292. The van der Waals surface area contributed by atoms with Crippen LogP contribution in [0.5, 0.6) is 0 Å². The number of fused-ring (bicyclic) bond motifs is 1. The molecule has 0 saturated carbocycles. The minimum Gasteiger partial charge on any atom is -0.356 e. The molecule has 0 unspecified atom stereocenters. The lowest BCUT2D eigenvalue weighted by Gasteiger charge is -2.32. The maximum atomic E-state index is 12.8. The predicted molar refractivity (Wildman–Crippen MR) is 119 cm³/mol. The van der Waals surface area contributed by atoms with Gasteiger partial charge >= 0.3 is 0 Å². The maximum Gasteiger partial charge on any atom is 0.253 e. The molecule has 0 spiro atoms. The Morgan fingerprint density at radius 2 is 1.88 bits per heavy atom. The van der Waals surface area contributed by atoms with Crippen LogP contribution in [0, 0.1) is 5.92 Å². The van der Waals surface area contributed by atoms with Crippen molar-refractivity contribution in [3.63, 3.8) is 0 Å². The first-order valence-electron chi connectivity index (χ1n) is 10.8. The molecule has 1 fully saturated rings. The Bertz CT molecular complexity index is 1290. The summed E-state index contributed by atoms with van der Waals surface area (Å²) in [5.74, 6) is 0.390. The van der Waals surface area contributed by atoms with Crippen LogP contribution in [0.1, 0.15) is 18.5 Å². The topological polar surface area (TPSA) is 94.1 Å². The van der Waals surface area contributed by atoms with Gasteiger partial charge in [-0.2, -0.15) is 0 Å². The quantitative estimate of drug-likeness (QED) is 0.484.